The van der Waals surface area contributed by atoms with Crippen LogP contribution < -0.4 is 0 Å². The average Bonchev–Trinajstić information content (AvgIpc) is 2.57. The molecule has 0 spiro atoms. The topological polar surface area (TPSA) is 110 Å². The van der Waals surface area contributed by atoms with Crippen LogP contribution in [0, 0.1) is 0 Å². The van der Waals surface area contributed by atoms with Crippen LogP contribution in [0.25, 0.3) is 0 Å². The van der Waals surface area contributed by atoms with Gasteiger partial charge in [0.1, 0.15) is 24.4 Å². The van der Waals surface area contributed by atoms with Gasteiger partial charge in [-0.3, -0.25) is 0 Å². The Balaban J connectivity index is 2.08. The summed E-state index contributed by atoms with van der Waals surface area (Å²) in [6.07, 6.45) is 4.28. The van der Waals surface area contributed by atoms with E-state index in [0.29, 0.717) is 6.42 Å². The first kappa shape index (κ1) is 21.8. The van der Waals surface area contributed by atoms with Crippen molar-refractivity contribution in [2.24, 2.45) is 0 Å². The molecule has 1 aliphatic rings. The van der Waals surface area contributed by atoms with Gasteiger partial charge in [0, 0.05) is 0 Å². The van der Waals surface area contributed by atoms with E-state index in [2.05, 4.69) is 6.92 Å². The Kier molecular flexibility index (Phi) is 11.1. The Morgan fingerprint density at radius 1 is 0.708 bits per heavy atom. The molecule has 0 radical (unpaired) electrons. The van der Waals surface area contributed by atoms with E-state index in [9.17, 15) is 25.5 Å². The fourth-order valence-electron chi connectivity index (χ4n) is 3.21. The van der Waals surface area contributed by atoms with Gasteiger partial charge in [0.15, 0.2) is 6.29 Å². The normalized spacial score (nSPS) is 32.0. The lowest BCUT2D eigenvalue weighted by atomic mass is 9.93. The van der Waals surface area contributed by atoms with Crippen molar-refractivity contribution in [3.05, 3.63) is 0 Å². The van der Waals surface area contributed by atoms with Crippen molar-refractivity contribution < 1.29 is 30.3 Å². The van der Waals surface area contributed by atoms with E-state index in [-0.39, 0.29) is 0 Å². The number of aliphatic hydroxyl groups excluding tert-OH is 5. The fraction of sp³-hybridized carbons (Fsp3) is 1.00. The molecule has 1 heterocycles. The molecule has 1 saturated heterocycles. The van der Waals surface area contributed by atoms with E-state index in [1.165, 1.54) is 44.9 Å². The highest BCUT2D eigenvalue weighted by atomic mass is 16.6. The van der Waals surface area contributed by atoms with Gasteiger partial charge in [-0.2, -0.15) is 0 Å². The van der Waals surface area contributed by atoms with Gasteiger partial charge < -0.3 is 30.3 Å². The highest BCUT2D eigenvalue weighted by Crippen LogP contribution is 2.24. The second-order valence-corrected chi connectivity index (χ2v) is 7.00. The van der Waals surface area contributed by atoms with Crippen molar-refractivity contribution in [3.63, 3.8) is 0 Å². The van der Waals surface area contributed by atoms with Crippen LogP contribution in [-0.4, -0.2) is 62.3 Å². The van der Waals surface area contributed by atoms with Crippen LogP contribution in [0.15, 0.2) is 0 Å². The molecule has 1 fully saturated rings. The lowest BCUT2D eigenvalue weighted by Gasteiger charge is -2.40. The first-order chi connectivity index (χ1) is 11.5. The average molecular weight is 348 g/mol. The molecule has 0 bridgehead atoms. The summed E-state index contributed by atoms with van der Waals surface area (Å²) in [7, 11) is 0. The third-order valence-corrected chi connectivity index (χ3v) is 4.86. The van der Waals surface area contributed by atoms with Crippen LogP contribution in [0.3, 0.4) is 0 Å². The Hall–Kier alpha value is -0.240. The summed E-state index contributed by atoms with van der Waals surface area (Å²) < 4.78 is 5.03. The van der Waals surface area contributed by atoms with Crippen LogP contribution in [0.1, 0.15) is 77.6 Å². The minimum atomic E-state index is -1.59. The van der Waals surface area contributed by atoms with Crippen LogP contribution in [0.4, 0.5) is 0 Å². The van der Waals surface area contributed by atoms with E-state index >= 15 is 0 Å². The van der Waals surface area contributed by atoms with Crippen molar-refractivity contribution in [1.82, 2.24) is 0 Å². The summed E-state index contributed by atoms with van der Waals surface area (Å²) in [6, 6.07) is 0. The molecule has 1 rings (SSSR count). The van der Waals surface area contributed by atoms with E-state index in [1.54, 1.807) is 0 Å². The summed E-state index contributed by atoms with van der Waals surface area (Å²) in [5, 5.41) is 48.5. The lowest BCUT2D eigenvalue weighted by Crippen LogP contribution is -2.60. The number of hydrogen-bond donors (Lipinski definition) is 5. The number of aliphatic hydroxyl groups is 5. The highest BCUT2D eigenvalue weighted by molar-refractivity contribution is 4.91. The fourth-order valence-corrected chi connectivity index (χ4v) is 3.21. The van der Waals surface area contributed by atoms with Gasteiger partial charge in [-0.1, -0.05) is 71.1 Å². The maximum absolute atomic E-state index is 10.1. The maximum Gasteiger partial charge on any atom is 0.184 e. The Labute approximate surface area is 145 Å². The van der Waals surface area contributed by atoms with Gasteiger partial charge >= 0.3 is 0 Å². The molecular weight excluding hydrogens is 312 g/mol. The van der Waals surface area contributed by atoms with Crippen molar-refractivity contribution >= 4 is 0 Å². The summed E-state index contributed by atoms with van der Waals surface area (Å²) in [5.41, 5.74) is 0. The van der Waals surface area contributed by atoms with E-state index in [0.717, 1.165) is 19.3 Å². The standard InChI is InChI=1S/C18H36O6/c1-2-3-4-5-6-7-8-9-10-11-12-13(19)17-15(21)14(20)16(22)18(23)24-17/h13-23H,2-12H2,1H3/t13?,14-,15-,16+,17+,18-/m0/s1. The second-order valence-electron chi connectivity index (χ2n) is 7.00. The van der Waals surface area contributed by atoms with Gasteiger partial charge in [0.2, 0.25) is 0 Å². The van der Waals surface area contributed by atoms with Crippen molar-refractivity contribution in [3.8, 4) is 0 Å². The van der Waals surface area contributed by atoms with Gasteiger partial charge in [-0.25, -0.2) is 0 Å². The number of rotatable bonds is 12. The predicted octanol–water partition coefficient (Wildman–Crippen LogP) is 1.46. The quantitative estimate of drug-likeness (QED) is 0.342. The maximum atomic E-state index is 10.1. The Morgan fingerprint density at radius 2 is 1.21 bits per heavy atom. The zero-order valence-corrected chi connectivity index (χ0v) is 14.9. The summed E-state index contributed by atoms with van der Waals surface area (Å²) in [5.74, 6) is 0. The molecule has 0 aromatic rings. The SMILES string of the molecule is CCCCCCCCCCCCC(O)[C@H]1O[C@H](O)[C@H](O)[C@@H](O)[C@@H]1O. The molecular formula is C18H36O6. The molecule has 1 aliphatic heterocycles. The minimum Gasteiger partial charge on any atom is -0.390 e. The number of ether oxygens (including phenoxy) is 1. The van der Waals surface area contributed by atoms with Crippen molar-refractivity contribution in [2.75, 3.05) is 0 Å². The third-order valence-electron chi connectivity index (χ3n) is 4.86. The van der Waals surface area contributed by atoms with Crippen LogP contribution in [0.5, 0.6) is 0 Å². The lowest BCUT2D eigenvalue weighted by molar-refractivity contribution is -0.297. The number of unbranched alkanes of at least 4 members (excludes halogenated alkanes) is 9. The molecule has 0 saturated carbocycles. The Bertz CT molecular complexity index is 314. The second kappa shape index (κ2) is 12.2. The molecule has 6 atom stereocenters. The van der Waals surface area contributed by atoms with Gasteiger partial charge in [-0.05, 0) is 6.42 Å². The zero-order valence-electron chi connectivity index (χ0n) is 14.9. The van der Waals surface area contributed by atoms with Crippen LogP contribution in [-0.2, 0) is 4.74 Å². The Morgan fingerprint density at radius 3 is 1.75 bits per heavy atom. The van der Waals surface area contributed by atoms with Crippen LogP contribution >= 0.6 is 0 Å². The largest absolute Gasteiger partial charge is 0.390 e. The monoisotopic (exact) mass is 348 g/mol. The van der Waals surface area contributed by atoms with Crippen molar-refractivity contribution in [1.29, 1.82) is 0 Å². The van der Waals surface area contributed by atoms with E-state index in [1.807, 2.05) is 0 Å². The predicted molar refractivity (Wildman–Crippen MR) is 91.4 cm³/mol. The molecule has 0 amide bonds. The first-order valence-corrected chi connectivity index (χ1v) is 9.54. The van der Waals surface area contributed by atoms with E-state index < -0.39 is 36.8 Å². The van der Waals surface area contributed by atoms with Gasteiger partial charge in [-0.15, -0.1) is 0 Å². The summed E-state index contributed by atoms with van der Waals surface area (Å²) in [4.78, 5) is 0. The highest BCUT2D eigenvalue weighted by Gasteiger charge is 2.45. The molecule has 0 aromatic heterocycles. The minimum absolute atomic E-state index is 0.438. The first-order valence-electron chi connectivity index (χ1n) is 9.54. The molecule has 0 aliphatic carbocycles. The van der Waals surface area contributed by atoms with E-state index in [4.69, 9.17) is 4.74 Å². The van der Waals surface area contributed by atoms with Gasteiger partial charge in [0.05, 0.1) is 6.10 Å². The molecule has 6 nitrogen and oxygen atoms in total. The third kappa shape index (κ3) is 7.33. The number of hydrogen-bond acceptors (Lipinski definition) is 6. The smallest absolute Gasteiger partial charge is 0.184 e. The van der Waals surface area contributed by atoms with Crippen molar-refractivity contribution in [2.45, 2.75) is 114 Å². The molecule has 6 heteroatoms. The summed E-state index contributed by atoms with van der Waals surface area (Å²) >= 11 is 0. The molecule has 24 heavy (non-hydrogen) atoms. The molecule has 0 aromatic carbocycles. The molecule has 144 valence electrons. The zero-order chi connectivity index (χ0) is 17.9. The summed E-state index contributed by atoms with van der Waals surface area (Å²) in [6.45, 7) is 2.22. The molecule has 1 unspecified atom stereocenters. The van der Waals surface area contributed by atoms with Crippen LogP contribution in [0.2, 0.25) is 0 Å². The molecule has 5 N–H and O–H groups in total. The van der Waals surface area contributed by atoms with Gasteiger partial charge in [0.25, 0.3) is 0 Å².